The predicted octanol–water partition coefficient (Wildman–Crippen LogP) is 1.67. The van der Waals surface area contributed by atoms with E-state index in [1.807, 2.05) is 6.07 Å². The van der Waals surface area contributed by atoms with Crippen LogP contribution in [0, 0.1) is 21.4 Å². The van der Waals surface area contributed by atoms with Gasteiger partial charge in [0.15, 0.2) is 0 Å². The second-order valence-corrected chi connectivity index (χ2v) is 6.03. The number of carbonyl (C=O) groups is 2. The molecule has 9 heteroatoms. The van der Waals surface area contributed by atoms with Gasteiger partial charge >= 0.3 is 0 Å². The van der Waals surface area contributed by atoms with Crippen molar-refractivity contribution in [3.63, 3.8) is 0 Å². The molecule has 0 aliphatic rings. The van der Waals surface area contributed by atoms with Crippen LogP contribution in [0.5, 0.6) is 5.75 Å². The third kappa shape index (κ3) is 5.28. The molecule has 0 spiro atoms. The van der Waals surface area contributed by atoms with Crippen molar-refractivity contribution in [2.75, 3.05) is 0 Å². The highest BCUT2D eigenvalue weighted by Crippen LogP contribution is 2.18. The summed E-state index contributed by atoms with van der Waals surface area (Å²) in [5.74, 6) is -1.34. The maximum atomic E-state index is 12.6. The molecular weight excluding hydrogens is 364 g/mol. The number of nitro groups is 1. The van der Waals surface area contributed by atoms with E-state index in [0.717, 1.165) is 0 Å². The first kappa shape index (κ1) is 20.4. The van der Waals surface area contributed by atoms with Crippen molar-refractivity contribution in [1.29, 1.82) is 5.26 Å². The molecule has 0 bridgehead atoms. The highest BCUT2D eigenvalue weighted by atomic mass is 16.6. The minimum atomic E-state index is -1.08. The molecule has 0 radical (unpaired) electrons. The molecule has 9 nitrogen and oxygen atoms in total. The van der Waals surface area contributed by atoms with E-state index in [1.54, 1.807) is 12.1 Å². The fourth-order valence-electron chi connectivity index (χ4n) is 2.48. The molecule has 2 aromatic rings. The van der Waals surface area contributed by atoms with Crippen LogP contribution in [0.1, 0.15) is 22.8 Å². The topological polar surface area (TPSA) is 145 Å². The number of nitro benzene ring substituents is 1. The Labute approximate surface area is 160 Å². The van der Waals surface area contributed by atoms with Gasteiger partial charge in [0.2, 0.25) is 5.91 Å². The van der Waals surface area contributed by atoms with Crippen LogP contribution >= 0.6 is 0 Å². The molecule has 28 heavy (non-hydrogen) atoms. The Morgan fingerprint density at radius 3 is 2.43 bits per heavy atom. The SMILES string of the molecule is CC(C#N)NC(=O)C(Cc1ccc(O)cc1)NC(=O)c1ccccc1[N+](=O)[O-]. The number of benzene rings is 2. The van der Waals surface area contributed by atoms with Crippen LogP contribution in [0.3, 0.4) is 0 Å². The second kappa shape index (κ2) is 9.14. The van der Waals surface area contributed by atoms with Crippen LogP contribution < -0.4 is 10.6 Å². The molecule has 2 unspecified atom stereocenters. The number of hydrogen-bond donors (Lipinski definition) is 3. The van der Waals surface area contributed by atoms with E-state index in [-0.39, 0.29) is 23.4 Å². The van der Waals surface area contributed by atoms with Crippen LogP contribution in [0.2, 0.25) is 0 Å². The number of amides is 2. The summed E-state index contributed by atoms with van der Waals surface area (Å²) in [6.45, 7) is 1.49. The van der Waals surface area contributed by atoms with E-state index in [4.69, 9.17) is 5.26 Å². The zero-order chi connectivity index (χ0) is 20.7. The minimum Gasteiger partial charge on any atom is -0.508 e. The summed E-state index contributed by atoms with van der Waals surface area (Å²) in [6.07, 6.45) is 0.0661. The van der Waals surface area contributed by atoms with Gasteiger partial charge in [0.1, 0.15) is 23.4 Å². The standard InChI is InChI=1S/C19H18N4O5/c1-12(11-20)21-19(26)16(10-13-6-8-14(24)9-7-13)22-18(25)15-4-2-3-5-17(15)23(27)28/h2-9,12,16,24H,10H2,1H3,(H,21,26)(H,22,25). The summed E-state index contributed by atoms with van der Waals surface area (Å²) < 4.78 is 0. The molecule has 2 amide bonds. The first-order chi connectivity index (χ1) is 13.3. The molecule has 2 rings (SSSR count). The molecule has 0 aliphatic heterocycles. The molecule has 0 heterocycles. The summed E-state index contributed by atoms with van der Waals surface area (Å²) >= 11 is 0. The highest BCUT2D eigenvalue weighted by Gasteiger charge is 2.26. The van der Waals surface area contributed by atoms with Gasteiger partial charge in [-0.15, -0.1) is 0 Å². The molecule has 0 saturated heterocycles. The lowest BCUT2D eigenvalue weighted by Crippen LogP contribution is -2.50. The van der Waals surface area contributed by atoms with E-state index in [2.05, 4.69) is 10.6 Å². The molecule has 0 aromatic heterocycles. The molecule has 3 N–H and O–H groups in total. The van der Waals surface area contributed by atoms with E-state index in [0.29, 0.717) is 5.56 Å². The Morgan fingerprint density at radius 1 is 1.18 bits per heavy atom. The first-order valence-electron chi connectivity index (χ1n) is 8.34. The number of aromatic hydroxyl groups is 1. The number of nitriles is 1. The van der Waals surface area contributed by atoms with Gasteiger partial charge in [0.05, 0.1) is 11.0 Å². The number of nitrogens with zero attached hydrogens (tertiary/aromatic N) is 2. The van der Waals surface area contributed by atoms with Crippen LogP contribution in [-0.2, 0) is 11.2 Å². The van der Waals surface area contributed by atoms with E-state index < -0.39 is 28.8 Å². The van der Waals surface area contributed by atoms with Gasteiger partial charge in [0, 0.05) is 12.5 Å². The number of hydrogen-bond acceptors (Lipinski definition) is 6. The average molecular weight is 382 g/mol. The van der Waals surface area contributed by atoms with Crippen molar-refractivity contribution in [2.45, 2.75) is 25.4 Å². The zero-order valence-electron chi connectivity index (χ0n) is 15.0. The van der Waals surface area contributed by atoms with E-state index in [1.165, 1.54) is 43.3 Å². The van der Waals surface area contributed by atoms with E-state index >= 15 is 0 Å². The fraction of sp³-hybridized carbons (Fsp3) is 0.211. The summed E-state index contributed by atoms with van der Waals surface area (Å²) in [6, 6.07) is 11.5. The van der Waals surface area contributed by atoms with Gasteiger partial charge in [-0.05, 0) is 30.7 Å². The number of phenols is 1. The Morgan fingerprint density at radius 2 is 1.82 bits per heavy atom. The van der Waals surface area contributed by atoms with Gasteiger partial charge < -0.3 is 15.7 Å². The number of nitrogens with one attached hydrogen (secondary N) is 2. The van der Waals surface area contributed by atoms with Crippen molar-refractivity contribution in [3.05, 3.63) is 69.8 Å². The normalized spacial score (nSPS) is 12.3. The van der Waals surface area contributed by atoms with Crippen LogP contribution in [0.25, 0.3) is 0 Å². The summed E-state index contributed by atoms with van der Waals surface area (Å²) in [5, 5.41) is 34.4. The van der Waals surface area contributed by atoms with Crippen molar-refractivity contribution >= 4 is 17.5 Å². The molecule has 0 aliphatic carbocycles. The second-order valence-electron chi connectivity index (χ2n) is 6.03. The Balaban J connectivity index is 2.27. The number of carbonyl (C=O) groups excluding carboxylic acids is 2. The van der Waals surface area contributed by atoms with Crippen molar-refractivity contribution in [3.8, 4) is 11.8 Å². The Kier molecular flexibility index (Phi) is 6.65. The van der Waals surface area contributed by atoms with Crippen LogP contribution in [0.4, 0.5) is 5.69 Å². The lowest BCUT2D eigenvalue weighted by atomic mass is 10.0. The zero-order valence-corrected chi connectivity index (χ0v) is 15.0. The molecule has 0 saturated carbocycles. The third-order valence-corrected chi connectivity index (χ3v) is 3.90. The lowest BCUT2D eigenvalue weighted by Gasteiger charge is -2.19. The van der Waals surface area contributed by atoms with Crippen molar-refractivity contribution < 1.29 is 19.6 Å². The summed E-state index contributed by atoms with van der Waals surface area (Å²) in [7, 11) is 0. The first-order valence-corrected chi connectivity index (χ1v) is 8.34. The van der Waals surface area contributed by atoms with E-state index in [9.17, 15) is 24.8 Å². The van der Waals surface area contributed by atoms with Crippen molar-refractivity contribution in [2.24, 2.45) is 0 Å². The Bertz CT molecular complexity index is 921. The van der Waals surface area contributed by atoms with Gasteiger partial charge in [-0.25, -0.2) is 0 Å². The maximum absolute atomic E-state index is 12.6. The van der Waals surface area contributed by atoms with Crippen LogP contribution in [-0.4, -0.2) is 33.9 Å². The third-order valence-electron chi connectivity index (χ3n) is 3.90. The van der Waals surface area contributed by atoms with Gasteiger partial charge in [-0.2, -0.15) is 5.26 Å². The fourth-order valence-corrected chi connectivity index (χ4v) is 2.48. The maximum Gasteiger partial charge on any atom is 0.282 e. The van der Waals surface area contributed by atoms with Crippen molar-refractivity contribution in [1.82, 2.24) is 10.6 Å². The number of rotatable bonds is 7. The molecular formula is C19H18N4O5. The molecule has 0 fully saturated rings. The van der Waals surface area contributed by atoms with Crippen LogP contribution in [0.15, 0.2) is 48.5 Å². The quantitative estimate of drug-likeness (QED) is 0.490. The van der Waals surface area contributed by atoms with Gasteiger partial charge in [-0.1, -0.05) is 24.3 Å². The predicted molar refractivity (Wildman–Crippen MR) is 99.4 cm³/mol. The average Bonchev–Trinajstić information content (AvgIpc) is 2.68. The van der Waals surface area contributed by atoms with Gasteiger partial charge in [0.25, 0.3) is 11.6 Å². The minimum absolute atomic E-state index is 0.0480. The Hall–Kier alpha value is -3.93. The molecule has 2 aromatic carbocycles. The molecule has 2 atom stereocenters. The van der Waals surface area contributed by atoms with Gasteiger partial charge in [-0.3, -0.25) is 19.7 Å². The lowest BCUT2D eigenvalue weighted by molar-refractivity contribution is -0.385. The number of para-hydroxylation sites is 1. The largest absolute Gasteiger partial charge is 0.508 e. The number of phenolic OH excluding ortho intramolecular Hbond substituents is 1. The summed E-state index contributed by atoms with van der Waals surface area (Å²) in [5.41, 5.74) is 0.0870. The smallest absolute Gasteiger partial charge is 0.282 e. The highest BCUT2D eigenvalue weighted by molar-refractivity contribution is 6.00. The monoisotopic (exact) mass is 382 g/mol. The summed E-state index contributed by atoms with van der Waals surface area (Å²) in [4.78, 5) is 35.6. The molecule has 144 valence electrons.